The van der Waals surface area contributed by atoms with Crippen LogP contribution in [0.3, 0.4) is 0 Å². The van der Waals surface area contributed by atoms with E-state index >= 15 is 0 Å². The van der Waals surface area contributed by atoms with Gasteiger partial charge in [-0.05, 0) is 35.0 Å². The molecule has 1 aliphatic heterocycles. The first-order valence-electron chi connectivity index (χ1n) is 10.3. The fraction of sp³-hybridized carbons (Fsp3) is 0.318. The molecule has 1 atom stereocenters. The summed E-state index contributed by atoms with van der Waals surface area (Å²) in [5, 5.41) is 16.5. The van der Waals surface area contributed by atoms with Crippen molar-refractivity contribution in [2.24, 2.45) is 17.3 Å². The van der Waals surface area contributed by atoms with Gasteiger partial charge in [-0.1, -0.05) is 37.3 Å². The van der Waals surface area contributed by atoms with E-state index < -0.39 is 10.8 Å². The highest BCUT2D eigenvalue weighted by Crippen LogP contribution is 2.23. The Kier molecular flexibility index (Phi) is 6.40. The average Bonchev–Trinajstić information content (AvgIpc) is 3.14. The van der Waals surface area contributed by atoms with E-state index in [4.69, 9.17) is 4.74 Å². The number of ether oxygens (including phenoxy) is 1. The van der Waals surface area contributed by atoms with Gasteiger partial charge in [0.15, 0.2) is 0 Å². The third-order valence-corrected chi connectivity index (χ3v) is 6.69. The first kappa shape index (κ1) is 21.8. The highest BCUT2D eigenvalue weighted by molar-refractivity contribution is 7.85. The van der Waals surface area contributed by atoms with Crippen molar-refractivity contribution >= 4 is 22.4 Å². The minimum Gasteiger partial charge on any atom is -0.475 e. The second-order valence-corrected chi connectivity index (χ2v) is 8.89. The Labute approximate surface area is 187 Å². The van der Waals surface area contributed by atoms with Crippen molar-refractivity contribution in [3.8, 4) is 5.69 Å². The molecule has 4 rings (SSSR count). The summed E-state index contributed by atoms with van der Waals surface area (Å²) in [6, 6.07) is 13.2. The number of hydrogen-bond acceptors (Lipinski definition) is 7. The van der Waals surface area contributed by atoms with Crippen molar-refractivity contribution in [2.75, 3.05) is 5.75 Å². The van der Waals surface area contributed by atoms with Crippen LogP contribution < -0.4 is 5.69 Å². The number of tetrazole rings is 1. The van der Waals surface area contributed by atoms with Crippen LogP contribution in [0.4, 0.5) is 0 Å². The zero-order valence-corrected chi connectivity index (χ0v) is 19.0. The molecule has 0 bridgehead atoms. The fourth-order valence-corrected chi connectivity index (χ4v) is 4.71. The van der Waals surface area contributed by atoms with Crippen LogP contribution in [-0.2, 0) is 29.2 Å². The highest BCUT2D eigenvalue weighted by atomic mass is 32.2. The molecule has 3 aromatic rings. The zero-order chi connectivity index (χ0) is 22.7. The first-order chi connectivity index (χ1) is 15.5. The molecule has 9 nitrogen and oxygen atoms in total. The van der Waals surface area contributed by atoms with Crippen molar-refractivity contribution in [3.05, 3.63) is 69.6 Å². The maximum Gasteiger partial charge on any atom is 0.368 e. The molecular formula is C22H24N6O3S. The number of benzene rings is 2. The molecule has 0 saturated carbocycles. The van der Waals surface area contributed by atoms with E-state index in [2.05, 4.69) is 20.6 Å². The van der Waals surface area contributed by atoms with E-state index in [1.807, 2.05) is 56.3 Å². The van der Waals surface area contributed by atoms with Gasteiger partial charge < -0.3 is 4.74 Å². The summed E-state index contributed by atoms with van der Waals surface area (Å²) in [5.74, 6) is 1.01. The molecule has 2 aromatic carbocycles. The molecule has 0 spiro atoms. The number of aromatic nitrogens is 4. The van der Waals surface area contributed by atoms with Gasteiger partial charge in [-0.25, -0.2) is 4.79 Å². The minimum atomic E-state index is -1.01. The third-order valence-electron chi connectivity index (χ3n) is 5.27. The topological polar surface area (TPSA) is 104 Å². The Hall–Kier alpha value is -3.40. The second kappa shape index (κ2) is 9.39. The third kappa shape index (κ3) is 4.31. The molecule has 32 heavy (non-hydrogen) atoms. The van der Waals surface area contributed by atoms with Crippen molar-refractivity contribution < 1.29 is 8.95 Å². The molecule has 1 unspecified atom stereocenters. The average molecular weight is 453 g/mol. The van der Waals surface area contributed by atoms with Gasteiger partial charge in [0.1, 0.15) is 6.61 Å². The molecule has 2 heterocycles. The molecule has 0 fully saturated rings. The van der Waals surface area contributed by atoms with Crippen LogP contribution in [0.25, 0.3) is 5.69 Å². The van der Waals surface area contributed by atoms with Crippen molar-refractivity contribution in [1.29, 1.82) is 0 Å². The number of fused-ring (bicyclic) bond motifs is 1. The normalized spacial score (nSPS) is 17.4. The lowest BCUT2D eigenvalue weighted by Gasteiger charge is -2.16. The molecule has 0 saturated heterocycles. The molecule has 1 aliphatic rings. The predicted molar refractivity (Wildman–Crippen MR) is 123 cm³/mol. The van der Waals surface area contributed by atoms with Gasteiger partial charge in [0, 0.05) is 41.7 Å². The summed E-state index contributed by atoms with van der Waals surface area (Å²) in [7, 11) is 0.548. The van der Waals surface area contributed by atoms with E-state index in [-0.39, 0.29) is 12.3 Å². The lowest BCUT2D eigenvalue weighted by Crippen LogP contribution is -2.23. The summed E-state index contributed by atoms with van der Waals surface area (Å²) in [5.41, 5.74) is 3.75. The minimum absolute atomic E-state index is 0.211. The van der Waals surface area contributed by atoms with Crippen LogP contribution >= 0.6 is 0 Å². The lowest BCUT2D eigenvalue weighted by molar-refractivity contribution is 0.282. The van der Waals surface area contributed by atoms with Gasteiger partial charge in [-0.15, -0.1) is 5.10 Å². The van der Waals surface area contributed by atoms with Crippen LogP contribution in [0.15, 0.2) is 62.4 Å². The Balaban J connectivity index is 1.59. The van der Waals surface area contributed by atoms with Gasteiger partial charge in [0.2, 0.25) is 5.90 Å². The first-order valence-corrected chi connectivity index (χ1v) is 11.6. The van der Waals surface area contributed by atoms with E-state index in [9.17, 15) is 9.00 Å². The Morgan fingerprint density at radius 1 is 1.19 bits per heavy atom. The molecular weight excluding hydrogens is 428 g/mol. The monoisotopic (exact) mass is 452 g/mol. The number of nitrogens with zero attached hydrogens (tertiary/aromatic N) is 6. The molecule has 1 aromatic heterocycles. The highest BCUT2D eigenvalue weighted by Gasteiger charge is 2.20. The maximum atomic E-state index is 12.3. The summed E-state index contributed by atoms with van der Waals surface area (Å²) in [4.78, 5) is 13.1. The van der Waals surface area contributed by atoms with E-state index in [0.29, 0.717) is 30.2 Å². The second-order valence-electron chi connectivity index (χ2n) is 7.35. The van der Waals surface area contributed by atoms with Gasteiger partial charge in [-0.2, -0.15) is 14.5 Å². The fourth-order valence-electron chi connectivity index (χ4n) is 3.45. The van der Waals surface area contributed by atoms with E-state index in [1.54, 1.807) is 7.05 Å². The lowest BCUT2D eigenvalue weighted by atomic mass is 10.1. The van der Waals surface area contributed by atoms with Gasteiger partial charge in [-0.3, -0.25) is 4.21 Å². The van der Waals surface area contributed by atoms with Crippen molar-refractivity contribution in [3.63, 3.8) is 0 Å². The Morgan fingerprint density at radius 3 is 2.75 bits per heavy atom. The quantitative estimate of drug-likeness (QED) is 0.336. The van der Waals surface area contributed by atoms with Crippen molar-refractivity contribution in [2.45, 2.75) is 38.2 Å². The van der Waals surface area contributed by atoms with E-state index in [0.717, 1.165) is 27.3 Å². The standard InChI is InChI=1S/C22H24N6O3S/c1-4-21(24-23-18-12-13-32(30)20-11-6-5-9-16(18)20)31-14-17-15(2)8-7-10-19(17)28-22(29)27(3)25-26-28/h5-11H,4,12-14H2,1-3H3/b23-18-,24-21+. The summed E-state index contributed by atoms with van der Waals surface area (Å²) in [6.45, 7) is 4.10. The number of aryl methyl sites for hydroxylation is 2. The van der Waals surface area contributed by atoms with Crippen LogP contribution in [-0.4, -0.2) is 41.4 Å². The molecule has 0 radical (unpaired) electrons. The van der Waals surface area contributed by atoms with Crippen LogP contribution in [0.1, 0.15) is 36.5 Å². The largest absolute Gasteiger partial charge is 0.475 e. The molecule has 166 valence electrons. The van der Waals surface area contributed by atoms with Crippen LogP contribution in [0, 0.1) is 6.92 Å². The summed E-state index contributed by atoms with van der Waals surface area (Å²) < 4.78 is 20.7. The Morgan fingerprint density at radius 2 is 2.00 bits per heavy atom. The molecule has 10 heteroatoms. The molecule has 0 aliphatic carbocycles. The summed E-state index contributed by atoms with van der Waals surface area (Å²) in [6.07, 6.45) is 1.15. The number of rotatable bonds is 5. The molecule has 0 amide bonds. The van der Waals surface area contributed by atoms with Crippen molar-refractivity contribution in [1.82, 2.24) is 19.8 Å². The van der Waals surface area contributed by atoms with Crippen LogP contribution in [0.5, 0.6) is 0 Å². The smallest absolute Gasteiger partial charge is 0.368 e. The maximum absolute atomic E-state index is 12.3. The van der Waals surface area contributed by atoms with E-state index in [1.165, 1.54) is 9.36 Å². The summed E-state index contributed by atoms with van der Waals surface area (Å²) >= 11 is 0. The Bertz CT molecular complexity index is 1290. The number of hydrogen-bond donors (Lipinski definition) is 0. The SMILES string of the molecule is CC/C(=N\N=C1\CCS(=O)c2ccccc21)OCc1c(C)cccc1-n1nnn(C)c1=O. The van der Waals surface area contributed by atoms with Gasteiger partial charge in [0.25, 0.3) is 0 Å². The zero-order valence-electron chi connectivity index (χ0n) is 18.2. The predicted octanol–water partition coefficient (Wildman–Crippen LogP) is 2.52. The molecule has 0 N–H and O–H groups in total. The van der Waals surface area contributed by atoms with Gasteiger partial charge in [0.05, 0.1) is 22.2 Å². The van der Waals surface area contributed by atoms with Crippen LogP contribution in [0.2, 0.25) is 0 Å². The van der Waals surface area contributed by atoms with Gasteiger partial charge >= 0.3 is 5.69 Å².